The summed E-state index contributed by atoms with van der Waals surface area (Å²) in [6.45, 7) is 0. The van der Waals surface area contributed by atoms with Crippen LogP contribution in [-0.2, 0) is 0 Å². The molecular formula is C12H22BBr. The summed E-state index contributed by atoms with van der Waals surface area (Å²) in [6.07, 6.45) is 14.9. The van der Waals surface area contributed by atoms with E-state index in [9.17, 15) is 0 Å². The molecule has 14 heavy (non-hydrogen) atoms. The van der Waals surface area contributed by atoms with Gasteiger partial charge in [-0.05, 0) is 0 Å². The highest BCUT2D eigenvalue weighted by Gasteiger charge is 2.32. The minimum atomic E-state index is 0.850. The number of halogens is 1. The van der Waals surface area contributed by atoms with Crippen LogP contribution in [0.3, 0.4) is 0 Å². The van der Waals surface area contributed by atoms with Gasteiger partial charge in [0.25, 0.3) is 0 Å². The van der Waals surface area contributed by atoms with E-state index >= 15 is 0 Å². The lowest BCUT2D eigenvalue weighted by Gasteiger charge is -2.31. The van der Waals surface area contributed by atoms with Crippen molar-refractivity contribution in [3.8, 4) is 0 Å². The highest BCUT2D eigenvalue weighted by atomic mass is 79.9. The second-order valence-electron chi connectivity index (χ2n) is 5.24. The van der Waals surface area contributed by atoms with Gasteiger partial charge in [0.1, 0.15) is 0 Å². The van der Waals surface area contributed by atoms with Crippen molar-refractivity contribution in [2.24, 2.45) is 0 Å². The van der Waals surface area contributed by atoms with E-state index in [1.54, 1.807) is 0 Å². The zero-order valence-corrected chi connectivity index (χ0v) is 10.8. The zero-order chi connectivity index (χ0) is 9.80. The van der Waals surface area contributed by atoms with Crippen molar-refractivity contribution in [2.75, 3.05) is 0 Å². The van der Waals surface area contributed by atoms with Crippen LogP contribution in [0.1, 0.15) is 64.2 Å². The Balaban J connectivity index is 1.82. The van der Waals surface area contributed by atoms with Crippen LogP contribution < -0.4 is 0 Å². The van der Waals surface area contributed by atoms with Crippen LogP contribution >= 0.6 is 15.8 Å². The molecule has 2 aliphatic carbocycles. The van der Waals surface area contributed by atoms with Gasteiger partial charge in [0.2, 0.25) is 5.54 Å². The lowest BCUT2D eigenvalue weighted by Crippen LogP contribution is -2.24. The predicted molar refractivity (Wildman–Crippen MR) is 68.4 cm³/mol. The molecule has 0 nitrogen and oxygen atoms in total. The van der Waals surface area contributed by atoms with Crippen molar-refractivity contribution in [2.45, 2.75) is 75.8 Å². The number of rotatable bonds is 2. The summed E-state index contributed by atoms with van der Waals surface area (Å²) in [4.78, 5) is 0. The highest BCUT2D eigenvalue weighted by Crippen LogP contribution is 2.43. The molecule has 0 atom stereocenters. The van der Waals surface area contributed by atoms with Crippen LogP contribution in [0.15, 0.2) is 0 Å². The Hall–Kier alpha value is 0.545. The second-order valence-corrected chi connectivity index (χ2v) is 6.30. The van der Waals surface area contributed by atoms with Crippen LogP contribution in [0, 0.1) is 0 Å². The third-order valence-electron chi connectivity index (χ3n) is 4.20. The summed E-state index contributed by atoms with van der Waals surface area (Å²) in [6, 6.07) is 0. The Morgan fingerprint density at radius 2 is 1.00 bits per heavy atom. The first-order valence-corrected chi connectivity index (χ1v) is 7.43. The highest BCUT2D eigenvalue weighted by molar-refractivity contribution is 9.24. The molecular weight excluding hydrogens is 235 g/mol. The maximum Gasteiger partial charge on any atom is 0.229 e. The monoisotopic (exact) mass is 256 g/mol. The molecule has 0 spiro atoms. The first-order chi connectivity index (χ1) is 6.88. The molecule has 0 bridgehead atoms. The average Bonchev–Trinajstić information content (AvgIpc) is 2.30. The van der Waals surface area contributed by atoms with Crippen molar-refractivity contribution in [1.29, 1.82) is 0 Å². The van der Waals surface area contributed by atoms with Gasteiger partial charge >= 0.3 is 0 Å². The molecule has 0 radical (unpaired) electrons. The summed E-state index contributed by atoms with van der Waals surface area (Å²) < 4.78 is 0. The summed E-state index contributed by atoms with van der Waals surface area (Å²) in [5.41, 5.74) is 0.850. The van der Waals surface area contributed by atoms with Gasteiger partial charge in [-0.1, -0.05) is 75.8 Å². The summed E-state index contributed by atoms with van der Waals surface area (Å²) in [7, 11) is 0. The number of hydrogen-bond donors (Lipinski definition) is 0. The first kappa shape index (κ1) is 11.0. The van der Waals surface area contributed by atoms with Gasteiger partial charge in [-0.25, -0.2) is 0 Å². The normalized spacial score (nSPS) is 26.4. The SMILES string of the molecule is BrB(C1CCCCC1)C1CCCCC1. The van der Waals surface area contributed by atoms with Crippen LogP contribution in [0.5, 0.6) is 0 Å². The van der Waals surface area contributed by atoms with E-state index in [1.807, 2.05) is 0 Å². The molecule has 2 fully saturated rings. The van der Waals surface area contributed by atoms with E-state index in [0.717, 1.165) is 17.2 Å². The van der Waals surface area contributed by atoms with Crippen molar-refractivity contribution < 1.29 is 0 Å². The second kappa shape index (κ2) is 5.58. The fraction of sp³-hybridized carbons (Fsp3) is 1.00. The van der Waals surface area contributed by atoms with Crippen LogP contribution in [0.2, 0.25) is 11.6 Å². The lowest BCUT2D eigenvalue weighted by molar-refractivity contribution is 0.468. The Morgan fingerprint density at radius 1 is 0.643 bits per heavy atom. The maximum atomic E-state index is 4.00. The molecule has 0 saturated heterocycles. The Bertz CT molecular complexity index is 142. The molecule has 0 aromatic carbocycles. The predicted octanol–water partition coefficient (Wildman–Crippen LogP) is 5.04. The minimum absolute atomic E-state index is 0.850. The van der Waals surface area contributed by atoms with Crippen molar-refractivity contribution in [3.05, 3.63) is 0 Å². The van der Waals surface area contributed by atoms with E-state index in [2.05, 4.69) is 15.8 Å². The molecule has 0 heterocycles. The van der Waals surface area contributed by atoms with Gasteiger partial charge < -0.3 is 0 Å². The van der Waals surface area contributed by atoms with Gasteiger partial charge in [0.05, 0.1) is 0 Å². The van der Waals surface area contributed by atoms with E-state index < -0.39 is 0 Å². The molecule has 2 rings (SSSR count). The van der Waals surface area contributed by atoms with Crippen LogP contribution in [0.4, 0.5) is 0 Å². The Labute approximate surface area is 97.3 Å². The quantitative estimate of drug-likeness (QED) is 0.608. The molecule has 0 aromatic heterocycles. The van der Waals surface area contributed by atoms with Crippen molar-refractivity contribution in [3.63, 3.8) is 0 Å². The smallest absolute Gasteiger partial charge is 0.156 e. The van der Waals surface area contributed by atoms with Crippen LogP contribution in [-0.4, -0.2) is 5.54 Å². The van der Waals surface area contributed by atoms with E-state index in [4.69, 9.17) is 0 Å². The summed E-state index contributed by atoms with van der Waals surface area (Å²) in [5.74, 6) is 2.01. The molecule has 0 amide bonds. The van der Waals surface area contributed by atoms with E-state index in [1.165, 1.54) is 64.2 Å². The molecule has 80 valence electrons. The molecule has 0 N–H and O–H groups in total. The Morgan fingerprint density at radius 3 is 1.36 bits per heavy atom. The molecule has 2 aliphatic rings. The van der Waals surface area contributed by atoms with Crippen molar-refractivity contribution >= 4 is 21.3 Å². The first-order valence-electron chi connectivity index (χ1n) is 6.52. The maximum absolute atomic E-state index is 4.00. The van der Waals surface area contributed by atoms with Gasteiger partial charge in [0, 0.05) is 0 Å². The van der Waals surface area contributed by atoms with Gasteiger partial charge in [-0.3, -0.25) is 0 Å². The third-order valence-corrected chi connectivity index (χ3v) is 5.70. The summed E-state index contributed by atoms with van der Waals surface area (Å²) >= 11 is 4.00. The Kier molecular flexibility index (Phi) is 4.40. The molecule has 0 aromatic rings. The zero-order valence-electron chi connectivity index (χ0n) is 9.18. The van der Waals surface area contributed by atoms with Gasteiger partial charge in [-0.2, -0.15) is 15.8 Å². The number of hydrogen-bond acceptors (Lipinski definition) is 0. The minimum Gasteiger partial charge on any atom is -0.156 e. The molecule has 0 unspecified atom stereocenters. The molecule has 2 heteroatoms. The van der Waals surface area contributed by atoms with Gasteiger partial charge in [0.15, 0.2) is 0 Å². The standard InChI is InChI=1S/C12H22BBr/c14-13(11-7-3-1-4-8-11)12-9-5-2-6-10-12/h11-12H,1-10H2. The molecule has 0 aliphatic heterocycles. The topological polar surface area (TPSA) is 0 Å². The molecule has 2 saturated carbocycles. The summed E-state index contributed by atoms with van der Waals surface area (Å²) in [5, 5.41) is 0. The fourth-order valence-corrected chi connectivity index (χ4v) is 4.35. The third kappa shape index (κ3) is 2.78. The lowest BCUT2D eigenvalue weighted by atomic mass is 9.48. The largest absolute Gasteiger partial charge is 0.229 e. The van der Waals surface area contributed by atoms with Crippen molar-refractivity contribution in [1.82, 2.24) is 0 Å². The average molecular weight is 257 g/mol. The van der Waals surface area contributed by atoms with E-state index in [0.29, 0.717) is 0 Å². The van der Waals surface area contributed by atoms with E-state index in [-0.39, 0.29) is 0 Å². The van der Waals surface area contributed by atoms with Gasteiger partial charge in [-0.15, -0.1) is 0 Å². The fourth-order valence-electron chi connectivity index (χ4n) is 3.29. The van der Waals surface area contributed by atoms with Crippen LogP contribution in [0.25, 0.3) is 0 Å².